The van der Waals surface area contributed by atoms with Crippen LogP contribution >= 0.6 is 0 Å². The van der Waals surface area contributed by atoms with E-state index in [1.54, 1.807) is 6.20 Å². The fourth-order valence-electron chi connectivity index (χ4n) is 2.53. The molecule has 0 radical (unpaired) electrons. The number of hydrogen-bond acceptors (Lipinski definition) is 2. The van der Waals surface area contributed by atoms with Gasteiger partial charge in [-0.05, 0) is 55.9 Å². The van der Waals surface area contributed by atoms with Crippen LogP contribution in [0.2, 0.25) is 0 Å². The predicted molar refractivity (Wildman–Crippen MR) is 86.0 cm³/mol. The number of carbonyl (C=O) groups is 1. The molecule has 5 heteroatoms. The quantitative estimate of drug-likeness (QED) is 0.861. The summed E-state index contributed by atoms with van der Waals surface area (Å²) < 4.78 is 1.83. The van der Waals surface area contributed by atoms with Gasteiger partial charge in [0.15, 0.2) is 0 Å². The van der Waals surface area contributed by atoms with Crippen molar-refractivity contribution in [2.24, 2.45) is 5.92 Å². The molecule has 1 heterocycles. The van der Waals surface area contributed by atoms with Crippen LogP contribution in [0.3, 0.4) is 0 Å². The monoisotopic (exact) mass is 298 g/mol. The summed E-state index contributed by atoms with van der Waals surface area (Å²) in [5, 5.41) is 10.1. The van der Waals surface area contributed by atoms with Crippen LogP contribution in [0.5, 0.6) is 0 Å². The van der Waals surface area contributed by atoms with Gasteiger partial charge in [-0.3, -0.25) is 0 Å². The summed E-state index contributed by atoms with van der Waals surface area (Å²) in [5.41, 5.74) is 2.24. The lowest BCUT2D eigenvalue weighted by molar-refractivity contribution is 0.236. The normalized spacial score (nSPS) is 15.3. The van der Waals surface area contributed by atoms with E-state index in [2.05, 4.69) is 34.8 Å². The third-order valence-corrected chi connectivity index (χ3v) is 4.09. The Labute approximate surface area is 130 Å². The largest absolute Gasteiger partial charge is 0.338 e. The summed E-state index contributed by atoms with van der Waals surface area (Å²) in [6.45, 7) is 2.72. The number of carbonyl (C=O) groups excluding carboxylic acids is 1. The van der Waals surface area contributed by atoms with E-state index in [0.29, 0.717) is 12.5 Å². The zero-order valence-corrected chi connectivity index (χ0v) is 12.8. The van der Waals surface area contributed by atoms with E-state index >= 15 is 0 Å². The first-order chi connectivity index (χ1) is 10.7. The number of aromatic nitrogens is 2. The molecule has 2 amide bonds. The van der Waals surface area contributed by atoms with Gasteiger partial charge >= 0.3 is 6.03 Å². The summed E-state index contributed by atoms with van der Waals surface area (Å²) in [7, 11) is 0. The Bertz CT molecular complexity index is 602. The van der Waals surface area contributed by atoms with Crippen molar-refractivity contribution in [3.8, 4) is 5.69 Å². The van der Waals surface area contributed by atoms with E-state index < -0.39 is 0 Å². The van der Waals surface area contributed by atoms with Gasteiger partial charge in [-0.15, -0.1) is 0 Å². The maximum Gasteiger partial charge on any atom is 0.315 e. The molecule has 1 atom stereocenters. The number of urea groups is 1. The molecule has 1 aromatic carbocycles. The molecule has 0 bridgehead atoms. The molecule has 0 aliphatic heterocycles. The van der Waals surface area contributed by atoms with Crippen LogP contribution in [-0.4, -0.2) is 28.4 Å². The van der Waals surface area contributed by atoms with Crippen molar-refractivity contribution in [3.05, 3.63) is 48.3 Å². The van der Waals surface area contributed by atoms with Gasteiger partial charge in [0.1, 0.15) is 0 Å². The molecule has 1 aromatic heterocycles. The average Bonchev–Trinajstić information content (AvgIpc) is 3.23. The maximum absolute atomic E-state index is 11.8. The van der Waals surface area contributed by atoms with Crippen molar-refractivity contribution >= 4 is 6.03 Å². The molecule has 3 rings (SSSR count). The summed E-state index contributed by atoms with van der Waals surface area (Å²) in [6.07, 6.45) is 6.99. The Hall–Kier alpha value is -2.30. The van der Waals surface area contributed by atoms with Crippen LogP contribution in [0.1, 0.15) is 25.3 Å². The SMILES string of the molecule is CC(NC(=O)NCCc1ccc(-n2cccn2)cc1)C1CC1. The van der Waals surface area contributed by atoms with Gasteiger partial charge in [0.2, 0.25) is 0 Å². The summed E-state index contributed by atoms with van der Waals surface area (Å²) >= 11 is 0. The number of hydrogen-bond donors (Lipinski definition) is 2. The molecule has 1 fully saturated rings. The van der Waals surface area contributed by atoms with Gasteiger partial charge in [-0.1, -0.05) is 12.1 Å². The zero-order valence-electron chi connectivity index (χ0n) is 12.8. The first kappa shape index (κ1) is 14.6. The molecular formula is C17H22N4O. The lowest BCUT2D eigenvalue weighted by atomic mass is 10.1. The second kappa shape index (κ2) is 6.64. The fourth-order valence-corrected chi connectivity index (χ4v) is 2.53. The first-order valence-electron chi connectivity index (χ1n) is 7.86. The molecule has 5 nitrogen and oxygen atoms in total. The molecule has 1 unspecified atom stereocenters. The number of nitrogens with one attached hydrogen (secondary N) is 2. The maximum atomic E-state index is 11.8. The van der Waals surface area contributed by atoms with Crippen molar-refractivity contribution in [1.29, 1.82) is 0 Å². The van der Waals surface area contributed by atoms with Gasteiger partial charge in [-0.25, -0.2) is 9.48 Å². The van der Waals surface area contributed by atoms with E-state index in [-0.39, 0.29) is 12.1 Å². The minimum Gasteiger partial charge on any atom is -0.338 e. The highest BCUT2D eigenvalue weighted by Gasteiger charge is 2.28. The van der Waals surface area contributed by atoms with Crippen LogP contribution in [0.4, 0.5) is 4.79 Å². The summed E-state index contributed by atoms with van der Waals surface area (Å²) in [4.78, 5) is 11.8. The number of rotatable bonds is 6. The van der Waals surface area contributed by atoms with Crippen LogP contribution in [0.25, 0.3) is 5.69 Å². The molecule has 2 aromatic rings. The minimum atomic E-state index is -0.0624. The van der Waals surface area contributed by atoms with E-state index in [0.717, 1.165) is 12.1 Å². The number of benzene rings is 1. The fraction of sp³-hybridized carbons (Fsp3) is 0.412. The van der Waals surface area contributed by atoms with Crippen LogP contribution < -0.4 is 10.6 Å². The molecule has 1 aliphatic carbocycles. The predicted octanol–water partition coefficient (Wildman–Crippen LogP) is 2.51. The lowest BCUT2D eigenvalue weighted by Crippen LogP contribution is -2.42. The minimum absolute atomic E-state index is 0.0624. The molecule has 116 valence electrons. The van der Waals surface area contributed by atoms with Gasteiger partial charge in [0, 0.05) is 25.0 Å². The summed E-state index contributed by atoms with van der Waals surface area (Å²) in [5.74, 6) is 0.681. The molecule has 1 saturated carbocycles. The molecule has 0 saturated heterocycles. The van der Waals surface area contributed by atoms with Crippen LogP contribution in [0.15, 0.2) is 42.7 Å². The third kappa shape index (κ3) is 3.87. The topological polar surface area (TPSA) is 59.0 Å². The van der Waals surface area contributed by atoms with E-state index in [4.69, 9.17) is 0 Å². The Balaban J connectivity index is 1.42. The second-order valence-corrected chi connectivity index (χ2v) is 5.89. The van der Waals surface area contributed by atoms with Crippen LogP contribution in [-0.2, 0) is 6.42 Å². The Kier molecular flexibility index (Phi) is 4.42. The standard InChI is InChI=1S/C17H22N4O/c1-13(15-5-6-15)20-17(22)18-11-9-14-3-7-16(8-4-14)21-12-2-10-19-21/h2-4,7-8,10,12-13,15H,5-6,9,11H2,1H3,(H2,18,20,22). The van der Waals surface area contributed by atoms with Crippen LogP contribution in [0, 0.1) is 5.92 Å². The van der Waals surface area contributed by atoms with Gasteiger partial charge in [0.25, 0.3) is 0 Å². The second-order valence-electron chi connectivity index (χ2n) is 5.89. The highest BCUT2D eigenvalue weighted by Crippen LogP contribution is 2.32. The zero-order chi connectivity index (χ0) is 15.4. The Morgan fingerprint density at radius 2 is 2.14 bits per heavy atom. The van der Waals surface area contributed by atoms with E-state index in [1.165, 1.54) is 18.4 Å². The van der Waals surface area contributed by atoms with Gasteiger partial charge in [-0.2, -0.15) is 5.10 Å². The molecular weight excluding hydrogens is 276 g/mol. The van der Waals surface area contributed by atoms with Crippen molar-refractivity contribution in [1.82, 2.24) is 20.4 Å². The summed E-state index contributed by atoms with van der Waals surface area (Å²) in [6, 6.07) is 10.3. The molecule has 22 heavy (non-hydrogen) atoms. The highest BCUT2D eigenvalue weighted by molar-refractivity contribution is 5.74. The third-order valence-electron chi connectivity index (χ3n) is 4.09. The lowest BCUT2D eigenvalue weighted by Gasteiger charge is -2.13. The van der Waals surface area contributed by atoms with E-state index in [1.807, 2.05) is 29.1 Å². The number of nitrogens with zero attached hydrogens (tertiary/aromatic N) is 2. The van der Waals surface area contributed by atoms with Crippen molar-refractivity contribution in [2.45, 2.75) is 32.2 Å². The molecule has 1 aliphatic rings. The molecule has 2 N–H and O–H groups in total. The van der Waals surface area contributed by atoms with Crippen molar-refractivity contribution < 1.29 is 4.79 Å². The molecule has 0 spiro atoms. The number of amides is 2. The van der Waals surface area contributed by atoms with Crippen molar-refractivity contribution in [2.75, 3.05) is 6.54 Å². The highest BCUT2D eigenvalue weighted by atomic mass is 16.2. The van der Waals surface area contributed by atoms with Gasteiger partial charge in [0.05, 0.1) is 5.69 Å². The first-order valence-corrected chi connectivity index (χ1v) is 7.86. The van der Waals surface area contributed by atoms with Gasteiger partial charge < -0.3 is 10.6 Å². The van der Waals surface area contributed by atoms with Crippen molar-refractivity contribution in [3.63, 3.8) is 0 Å². The smallest absolute Gasteiger partial charge is 0.315 e. The average molecular weight is 298 g/mol. The Morgan fingerprint density at radius 3 is 2.77 bits per heavy atom. The Morgan fingerprint density at radius 1 is 1.36 bits per heavy atom. The van der Waals surface area contributed by atoms with E-state index in [9.17, 15) is 4.79 Å².